The molecular weight excluding hydrogens is 350 g/mol. The standard InChI is InChI=1S/C17H16ClNO6/c1-7(3-14(20)21)24-17(23)11-6-10(11)15(22)9-4-12(18)16-13(5-9)19-8(2)25-16/h4-5,7,10-11H,3,6H2,1-2H3,(H,20,21)/t7?,10-,11-/m0/s1. The molecular formula is C17H16ClNO6. The number of aliphatic carboxylic acids is 1. The zero-order valence-corrected chi connectivity index (χ0v) is 14.4. The number of benzene rings is 1. The van der Waals surface area contributed by atoms with E-state index in [2.05, 4.69) is 4.98 Å². The van der Waals surface area contributed by atoms with Gasteiger partial charge in [-0.3, -0.25) is 14.4 Å². The monoisotopic (exact) mass is 365 g/mol. The molecule has 0 bridgehead atoms. The molecule has 0 spiro atoms. The van der Waals surface area contributed by atoms with E-state index in [9.17, 15) is 14.4 Å². The Hall–Kier alpha value is -2.41. The van der Waals surface area contributed by atoms with E-state index >= 15 is 0 Å². The van der Waals surface area contributed by atoms with Gasteiger partial charge in [-0.1, -0.05) is 11.6 Å². The van der Waals surface area contributed by atoms with E-state index in [-0.39, 0.29) is 17.2 Å². The number of aryl methyl sites for hydroxylation is 1. The molecule has 0 saturated heterocycles. The number of carboxylic acids is 1. The van der Waals surface area contributed by atoms with Crippen molar-refractivity contribution in [3.63, 3.8) is 0 Å². The number of carboxylic acid groups (broad SMARTS) is 1. The molecule has 132 valence electrons. The topological polar surface area (TPSA) is 107 Å². The third-order valence-corrected chi connectivity index (χ3v) is 4.33. The molecule has 7 nitrogen and oxygen atoms in total. The minimum Gasteiger partial charge on any atom is -0.481 e. The van der Waals surface area contributed by atoms with E-state index in [4.69, 9.17) is 25.9 Å². The van der Waals surface area contributed by atoms with Crippen LogP contribution in [0.15, 0.2) is 16.5 Å². The molecule has 1 saturated carbocycles. The first-order valence-electron chi connectivity index (χ1n) is 7.79. The van der Waals surface area contributed by atoms with Gasteiger partial charge in [0, 0.05) is 18.4 Å². The van der Waals surface area contributed by atoms with Crippen molar-refractivity contribution in [3.8, 4) is 0 Å². The molecule has 0 aliphatic heterocycles. The van der Waals surface area contributed by atoms with Gasteiger partial charge in [0.25, 0.3) is 0 Å². The highest BCUT2D eigenvalue weighted by atomic mass is 35.5. The largest absolute Gasteiger partial charge is 0.481 e. The molecule has 8 heteroatoms. The molecule has 3 atom stereocenters. The number of carbonyl (C=O) groups excluding carboxylic acids is 2. The van der Waals surface area contributed by atoms with Gasteiger partial charge in [-0.05, 0) is 25.5 Å². The zero-order valence-electron chi connectivity index (χ0n) is 13.6. The zero-order chi connectivity index (χ0) is 18.3. The minimum absolute atomic E-state index is 0.211. The van der Waals surface area contributed by atoms with Gasteiger partial charge in [0.1, 0.15) is 11.6 Å². The number of rotatable bonds is 6. The Morgan fingerprint density at radius 3 is 2.80 bits per heavy atom. The van der Waals surface area contributed by atoms with Crippen molar-refractivity contribution in [2.24, 2.45) is 11.8 Å². The fourth-order valence-corrected chi connectivity index (χ4v) is 3.03. The van der Waals surface area contributed by atoms with Gasteiger partial charge >= 0.3 is 11.9 Å². The SMILES string of the molecule is Cc1nc2cc(C(=O)[C@H]3C[C@@H]3C(=O)OC(C)CC(=O)O)cc(Cl)c2o1. The van der Waals surface area contributed by atoms with Crippen molar-refractivity contribution in [2.45, 2.75) is 32.8 Å². The molecule has 1 unspecified atom stereocenters. The smallest absolute Gasteiger partial charge is 0.309 e. The molecule has 1 fully saturated rings. The summed E-state index contributed by atoms with van der Waals surface area (Å²) in [5.74, 6) is -2.38. The first-order valence-corrected chi connectivity index (χ1v) is 8.17. The summed E-state index contributed by atoms with van der Waals surface area (Å²) in [5.41, 5.74) is 1.28. The molecule has 1 aliphatic carbocycles. The van der Waals surface area contributed by atoms with Crippen LogP contribution in [0.1, 0.15) is 36.0 Å². The van der Waals surface area contributed by atoms with Crippen molar-refractivity contribution in [1.82, 2.24) is 4.98 Å². The van der Waals surface area contributed by atoms with E-state index in [0.717, 1.165) is 0 Å². The number of aromatic nitrogens is 1. The second-order valence-corrected chi connectivity index (χ2v) is 6.60. The van der Waals surface area contributed by atoms with Crippen LogP contribution < -0.4 is 0 Å². The molecule has 1 aliphatic rings. The lowest BCUT2D eigenvalue weighted by molar-refractivity contribution is -0.153. The van der Waals surface area contributed by atoms with Crippen LogP contribution >= 0.6 is 11.6 Å². The molecule has 1 N–H and O–H groups in total. The molecule has 2 aromatic rings. The van der Waals surface area contributed by atoms with Crippen LogP contribution in [0.4, 0.5) is 0 Å². The van der Waals surface area contributed by atoms with Crippen molar-refractivity contribution >= 4 is 40.4 Å². The molecule has 1 heterocycles. The number of esters is 1. The first kappa shape index (κ1) is 17.4. The predicted molar refractivity (Wildman–Crippen MR) is 87.5 cm³/mol. The van der Waals surface area contributed by atoms with Gasteiger partial charge in [-0.15, -0.1) is 0 Å². The summed E-state index contributed by atoms with van der Waals surface area (Å²) in [6.07, 6.45) is -0.620. The van der Waals surface area contributed by atoms with E-state index in [1.54, 1.807) is 13.0 Å². The quantitative estimate of drug-likeness (QED) is 0.619. The normalized spacial score (nSPS) is 20.3. The Bertz CT molecular complexity index is 873. The van der Waals surface area contributed by atoms with Crippen molar-refractivity contribution in [1.29, 1.82) is 0 Å². The van der Waals surface area contributed by atoms with Gasteiger partial charge in [-0.25, -0.2) is 4.98 Å². The fraction of sp³-hybridized carbons (Fsp3) is 0.412. The molecule has 3 rings (SSSR count). The van der Waals surface area contributed by atoms with Crippen LogP contribution in [0.3, 0.4) is 0 Å². The van der Waals surface area contributed by atoms with E-state index in [0.29, 0.717) is 29.0 Å². The summed E-state index contributed by atoms with van der Waals surface area (Å²) in [5, 5.41) is 8.97. The number of halogens is 1. The summed E-state index contributed by atoms with van der Waals surface area (Å²) >= 11 is 6.13. The number of nitrogens with zero attached hydrogens (tertiary/aromatic N) is 1. The Labute approximate surface area is 147 Å². The van der Waals surface area contributed by atoms with Gasteiger partial charge < -0.3 is 14.3 Å². The Balaban J connectivity index is 1.69. The Morgan fingerprint density at radius 1 is 1.40 bits per heavy atom. The van der Waals surface area contributed by atoms with Crippen LogP contribution in [0.5, 0.6) is 0 Å². The number of oxazole rings is 1. The summed E-state index contributed by atoms with van der Waals surface area (Å²) in [6, 6.07) is 3.10. The number of hydrogen-bond acceptors (Lipinski definition) is 6. The van der Waals surface area contributed by atoms with E-state index in [1.807, 2.05) is 0 Å². The van der Waals surface area contributed by atoms with Crippen molar-refractivity contribution in [3.05, 3.63) is 28.6 Å². The van der Waals surface area contributed by atoms with Crippen LogP contribution in [0.25, 0.3) is 11.1 Å². The third kappa shape index (κ3) is 3.66. The summed E-state index contributed by atoms with van der Waals surface area (Å²) in [7, 11) is 0. The van der Waals surface area contributed by atoms with Crippen LogP contribution in [-0.4, -0.2) is 33.9 Å². The van der Waals surface area contributed by atoms with Gasteiger partial charge in [-0.2, -0.15) is 0 Å². The van der Waals surface area contributed by atoms with Crippen molar-refractivity contribution < 1.29 is 28.6 Å². The van der Waals surface area contributed by atoms with Crippen molar-refractivity contribution in [2.75, 3.05) is 0 Å². The lowest BCUT2D eigenvalue weighted by Crippen LogP contribution is -2.20. The highest BCUT2D eigenvalue weighted by molar-refractivity contribution is 6.35. The number of fused-ring (bicyclic) bond motifs is 1. The van der Waals surface area contributed by atoms with E-state index in [1.165, 1.54) is 13.0 Å². The number of ketones is 1. The molecule has 25 heavy (non-hydrogen) atoms. The highest BCUT2D eigenvalue weighted by Gasteiger charge is 2.49. The number of Topliss-reactive ketones (excluding diaryl/α,β-unsaturated/α-hetero) is 1. The molecule has 1 aromatic carbocycles. The predicted octanol–water partition coefficient (Wildman–Crippen LogP) is 3.01. The second kappa shape index (κ2) is 6.48. The molecule has 0 amide bonds. The highest BCUT2D eigenvalue weighted by Crippen LogP contribution is 2.43. The lowest BCUT2D eigenvalue weighted by atomic mass is 10.1. The van der Waals surface area contributed by atoms with Gasteiger partial charge in [0.05, 0.1) is 17.4 Å². The molecule has 1 aromatic heterocycles. The average molecular weight is 366 g/mol. The number of hydrogen-bond donors (Lipinski definition) is 1. The summed E-state index contributed by atoms with van der Waals surface area (Å²) < 4.78 is 10.4. The van der Waals surface area contributed by atoms with Crippen LogP contribution in [0.2, 0.25) is 5.02 Å². The van der Waals surface area contributed by atoms with Crippen LogP contribution in [0, 0.1) is 18.8 Å². The van der Waals surface area contributed by atoms with Gasteiger partial charge in [0.2, 0.25) is 0 Å². The Morgan fingerprint density at radius 2 is 2.12 bits per heavy atom. The first-order chi connectivity index (χ1) is 11.8. The number of carbonyl (C=O) groups is 3. The number of ether oxygens (including phenoxy) is 1. The van der Waals surface area contributed by atoms with E-state index < -0.39 is 29.9 Å². The maximum absolute atomic E-state index is 12.6. The lowest BCUT2D eigenvalue weighted by Gasteiger charge is -2.10. The maximum atomic E-state index is 12.6. The van der Waals surface area contributed by atoms with Crippen LogP contribution in [-0.2, 0) is 14.3 Å². The summed E-state index contributed by atoms with van der Waals surface area (Å²) in [4.78, 5) is 39.3. The summed E-state index contributed by atoms with van der Waals surface area (Å²) in [6.45, 7) is 3.19. The molecule has 0 radical (unpaired) electrons. The third-order valence-electron chi connectivity index (χ3n) is 4.05. The average Bonchev–Trinajstić information content (AvgIpc) is 3.21. The Kier molecular flexibility index (Phi) is 4.51. The fourth-order valence-electron chi connectivity index (χ4n) is 2.78. The second-order valence-electron chi connectivity index (χ2n) is 6.20. The van der Waals surface area contributed by atoms with Gasteiger partial charge in [0.15, 0.2) is 17.3 Å². The minimum atomic E-state index is -1.05. The maximum Gasteiger partial charge on any atom is 0.309 e.